The van der Waals surface area contributed by atoms with Crippen molar-refractivity contribution in [2.75, 3.05) is 13.2 Å². The van der Waals surface area contributed by atoms with E-state index in [1.165, 1.54) is 6.21 Å². The van der Waals surface area contributed by atoms with Crippen LogP contribution >= 0.6 is 11.6 Å². The summed E-state index contributed by atoms with van der Waals surface area (Å²) in [6, 6.07) is 6.53. The van der Waals surface area contributed by atoms with Crippen molar-refractivity contribution in [3.63, 3.8) is 0 Å². The summed E-state index contributed by atoms with van der Waals surface area (Å²) in [6.45, 7) is 14.2. The number of hydrogen-bond acceptors (Lipinski definition) is 23. The van der Waals surface area contributed by atoms with Crippen LogP contribution in [0.2, 0.25) is 5.02 Å². The van der Waals surface area contributed by atoms with Gasteiger partial charge in [0.05, 0.1) is 44.6 Å². The van der Waals surface area contributed by atoms with Gasteiger partial charge in [0.1, 0.15) is 0 Å². The van der Waals surface area contributed by atoms with Crippen molar-refractivity contribution in [1.29, 1.82) is 0 Å². The molecule has 3 saturated carbocycles. The second-order valence-corrected chi connectivity index (χ2v) is 28.7. The molecule has 2 spiro atoms. The number of hydrogen-bond donors (Lipinski definition) is 0. The van der Waals surface area contributed by atoms with Crippen molar-refractivity contribution in [2.24, 2.45) is 76.0 Å². The molecule has 24 heteroatoms. The average molecular weight is 1280 g/mol. The van der Waals surface area contributed by atoms with Crippen molar-refractivity contribution in [3.05, 3.63) is 34.9 Å². The SMILES string of the molecule is C[C@H]1[C@H](OC(=O)CCC(=O)OC(COC(=O)CCC(=O)O[C@@H]2O[C@@H]3O[C@@]4(C)CC[C@H]5[C@H](C)CC[C@@H]([C@H]2C)[C@@]35OO4)(COC(=O)CCC(=O)O[C@@H]2O[C@@H]3O[C@@]4(C)CC[C@H]5[C@H](C)CC[C@@H]([C@H]2C)[C@@]35OO4)N=Cc2cccc(Cl)c2)O[C@@H]2O[C@@H](C)CCC3CCC[C@@H]1C32. The van der Waals surface area contributed by atoms with Gasteiger partial charge in [-0.25, -0.2) is 24.5 Å². The van der Waals surface area contributed by atoms with Gasteiger partial charge in [-0.05, 0) is 138 Å². The standard InChI is InChI=1S/C66H90ClNO22/c1-35-15-19-47-39(5)57(82-60-65(47)45(35)27-29-62(7,85-60)87-89-65)79-51(71)23-21-49(69)75-33-64(68-32-41-11-9-13-43(67)31-41,84-54(74)26-25-53(73)78-56-38(4)44-14-10-12-42-18-17-37(3)77-59(81-56)55(42)44)34-76-50(70)22-24-52(72)80-58-40(6)48-20-16-36(2)46-28-30-63(8)86-61(83-58)66(46,48)90-88-63/h9,11,13,31-32,35-40,42,44-48,55-61H,10,12,14-30,33-34H2,1-8H3/t35-,36-,37+,38-,39-,40-,42?,44+,45+,46+,47+,48+,55?,56-,57-,58-,59+,60-,61-,62-,63-,65-,66-/m1/s1. The van der Waals surface area contributed by atoms with E-state index in [4.69, 9.17) is 88.0 Å². The maximum absolute atomic E-state index is 14.2. The molecule has 2 unspecified atom stereocenters. The quantitative estimate of drug-likeness (QED) is 0.0539. The molecule has 23 nitrogen and oxygen atoms in total. The minimum absolute atomic E-state index is 0.0221. The third-order valence-corrected chi connectivity index (χ3v) is 22.4. The third kappa shape index (κ3) is 13.1. The fourth-order valence-electron chi connectivity index (χ4n) is 17.2. The number of nitrogens with zero attached hydrogens (tertiary/aromatic N) is 1. The Morgan fingerprint density at radius 2 is 1.08 bits per heavy atom. The zero-order valence-electron chi connectivity index (χ0n) is 53.0. The molecule has 10 aliphatic heterocycles. The minimum atomic E-state index is -2.31. The molecule has 13 fully saturated rings. The summed E-state index contributed by atoms with van der Waals surface area (Å²) in [5, 5.41) is 0.346. The van der Waals surface area contributed by atoms with Gasteiger partial charge in [0.2, 0.25) is 30.4 Å². The Morgan fingerprint density at radius 1 is 0.567 bits per heavy atom. The normalized spacial score (nSPS) is 42.3. The predicted molar refractivity (Wildman–Crippen MR) is 311 cm³/mol. The topological polar surface area (TPSA) is 262 Å². The van der Waals surface area contributed by atoms with Gasteiger partial charge in [0.15, 0.2) is 43.3 Å². The molecule has 10 saturated heterocycles. The molecule has 0 N–H and O–H groups in total. The number of aliphatic imine (C=N–C) groups is 1. The van der Waals surface area contributed by atoms with Crippen LogP contribution < -0.4 is 0 Å². The molecule has 1 aromatic rings. The lowest BCUT2D eigenvalue weighted by atomic mass is 9.58. The van der Waals surface area contributed by atoms with E-state index >= 15 is 0 Å². The van der Waals surface area contributed by atoms with E-state index < -0.39 is 154 Å². The fraction of sp³-hybridized carbons (Fsp3) is 0.803. The van der Waals surface area contributed by atoms with Crippen LogP contribution in [0.4, 0.5) is 0 Å². The number of carbonyl (C=O) groups excluding carboxylic acids is 6. The van der Waals surface area contributed by atoms with Gasteiger partial charge in [-0.3, -0.25) is 28.8 Å². The first-order chi connectivity index (χ1) is 43.0. The highest BCUT2D eigenvalue weighted by atomic mass is 35.5. The van der Waals surface area contributed by atoms with Crippen LogP contribution in [0.15, 0.2) is 29.3 Å². The molecule has 0 amide bonds. The summed E-state index contributed by atoms with van der Waals surface area (Å²) < 4.78 is 73.9. The van der Waals surface area contributed by atoms with Crippen molar-refractivity contribution in [1.82, 2.24) is 0 Å². The number of esters is 6. The van der Waals surface area contributed by atoms with Gasteiger partial charge in [-0.1, -0.05) is 64.8 Å². The zero-order chi connectivity index (χ0) is 63.5. The van der Waals surface area contributed by atoms with Crippen LogP contribution in [0.25, 0.3) is 0 Å². The number of rotatable bonds is 19. The molecular weight excluding hydrogens is 1190 g/mol. The summed E-state index contributed by atoms with van der Waals surface area (Å²) in [5.74, 6) is -6.51. The lowest BCUT2D eigenvalue weighted by Crippen LogP contribution is -2.70. The molecule has 14 rings (SSSR count). The monoisotopic (exact) mass is 1280 g/mol. The maximum Gasteiger partial charge on any atom is 0.308 e. The molecular formula is C66H90ClNO22. The minimum Gasteiger partial charge on any atom is -0.459 e. The molecule has 498 valence electrons. The van der Waals surface area contributed by atoms with Crippen LogP contribution in [-0.4, -0.2) is 128 Å². The first-order valence-corrected chi connectivity index (χ1v) is 33.5. The van der Waals surface area contributed by atoms with Crippen LogP contribution in [-0.2, 0) is 105 Å². The highest BCUT2D eigenvalue weighted by molar-refractivity contribution is 6.30. The van der Waals surface area contributed by atoms with E-state index in [1.54, 1.807) is 38.1 Å². The molecule has 90 heavy (non-hydrogen) atoms. The molecule has 1 aromatic carbocycles. The highest BCUT2D eigenvalue weighted by Crippen LogP contribution is 2.63. The van der Waals surface area contributed by atoms with Crippen molar-refractivity contribution in [2.45, 2.75) is 250 Å². The van der Waals surface area contributed by atoms with Crippen LogP contribution in [0.3, 0.4) is 0 Å². The largest absolute Gasteiger partial charge is 0.459 e. The lowest BCUT2D eigenvalue weighted by molar-refractivity contribution is -0.576. The molecule has 23 atom stereocenters. The van der Waals surface area contributed by atoms with Gasteiger partial charge in [0.25, 0.3) is 5.72 Å². The van der Waals surface area contributed by atoms with E-state index in [-0.39, 0.29) is 59.4 Å². The van der Waals surface area contributed by atoms with E-state index in [1.807, 2.05) is 27.7 Å². The van der Waals surface area contributed by atoms with Crippen molar-refractivity contribution in [3.8, 4) is 0 Å². The Labute approximate surface area is 530 Å². The summed E-state index contributed by atoms with van der Waals surface area (Å²) in [4.78, 5) is 112. The number of fused-ring (bicyclic) bond motifs is 4. The Bertz CT molecular complexity index is 2750. The third-order valence-electron chi connectivity index (χ3n) is 22.2. The number of halogens is 1. The first kappa shape index (κ1) is 65.7. The molecule has 0 radical (unpaired) electrons. The Kier molecular flexibility index (Phi) is 19.3. The summed E-state index contributed by atoms with van der Waals surface area (Å²) in [6.07, 6.45) is 4.54. The van der Waals surface area contributed by atoms with Gasteiger partial charge in [-0.2, -0.15) is 0 Å². The second kappa shape index (κ2) is 26.4. The molecule has 13 aliphatic rings. The predicted octanol–water partition coefficient (Wildman–Crippen LogP) is 10.0. The van der Waals surface area contributed by atoms with Crippen molar-refractivity contribution >= 4 is 53.6 Å². The Hall–Kier alpha value is -4.40. The summed E-state index contributed by atoms with van der Waals surface area (Å²) in [7, 11) is 0. The van der Waals surface area contributed by atoms with Gasteiger partial charge in [-0.15, -0.1) is 0 Å². The Balaban J connectivity index is 0.714. The number of benzene rings is 1. The van der Waals surface area contributed by atoms with Crippen molar-refractivity contribution < 1.29 is 105 Å². The average Bonchev–Trinajstić information content (AvgIpc) is 1.28. The smallest absolute Gasteiger partial charge is 0.308 e. The Morgan fingerprint density at radius 3 is 1.61 bits per heavy atom. The van der Waals surface area contributed by atoms with E-state index in [0.29, 0.717) is 41.2 Å². The summed E-state index contributed by atoms with van der Waals surface area (Å²) >= 11 is 6.37. The molecule has 0 aromatic heterocycles. The van der Waals surface area contributed by atoms with Crippen LogP contribution in [0, 0.1) is 71.0 Å². The number of ether oxygens (including phenoxy) is 12. The second-order valence-electron chi connectivity index (χ2n) is 28.3. The van der Waals surface area contributed by atoms with E-state index in [2.05, 4.69) is 18.8 Å². The lowest BCUT2D eigenvalue weighted by Gasteiger charge is -2.59. The fourth-order valence-corrected chi connectivity index (χ4v) is 17.4. The molecule has 10 heterocycles. The van der Waals surface area contributed by atoms with Gasteiger partial charge < -0.3 is 56.8 Å². The van der Waals surface area contributed by atoms with E-state index in [9.17, 15) is 28.8 Å². The van der Waals surface area contributed by atoms with E-state index in [0.717, 1.165) is 70.6 Å². The first-order valence-electron chi connectivity index (χ1n) is 33.1. The van der Waals surface area contributed by atoms with Crippen LogP contribution in [0.5, 0.6) is 0 Å². The highest BCUT2D eigenvalue weighted by Gasteiger charge is 2.72. The van der Waals surface area contributed by atoms with Gasteiger partial charge in [0, 0.05) is 59.6 Å². The zero-order valence-corrected chi connectivity index (χ0v) is 53.8. The molecule has 4 bridgehead atoms. The number of carbonyl (C=O) groups is 6. The van der Waals surface area contributed by atoms with Gasteiger partial charge >= 0.3 is 35.8 Å². The molecule has 3 aliphatic carbocycles. The van der Waals surface area contributed by atoms with Crippen LogP contribution in [0.1, 0.15) is 183 Å². The summed E-state index contributed by atoms with van der Waals surface area (Å²) in [5.41, 5.74) is -3.66. The maximum atomic E-state index is 14.2.